The second-order valence-electron chi connectivity index (χ2n) is 8.14. The van der Waals surface area contributed by atoms with Gasteiger partial charge in [-0.2, -0.15) is 0 Å². The van der Waals surface area contributed by atoms with Crippen LogP contribution in [0.3, 0.4) is 0 Å². The third-order valence-electron chi connectivity index (χ3n) is 5.84. The second kappa shape index (κ2) is 6.36. The van der Waals surface area contributed by atoms with Gasteiger partial charge in [-0.25, -0.2) is 0 Å². The largest absolute Gasteiger partial charge is 0.390 e. The number of hydrogen-bond acceptors (Lipinski definition) is 2. The molecule has 2 fully saturated rings. The Bertz CT molecular complexity index is 301. The van der Waals surface area contributed by atoms with Crippen LogP contribution in [0.5, 0.6) is 0 Å². The van der Waals surface area contributed by atoms with Crippen molar-refractivity contribution in [2.75, 3.05) is 6.61 Å². The summed E-state index contributed by atoms with van der Waals surface area (Å²) in [5.41, 5.74) is 0.159. The molecule has 2 aliphatic carbocycles. The van der Waals surface area contributed by atoms with Crippen LogP contribution >= 0.6 is 0 Å². The molecule has 118 valence electrons. The van der Waals surface area contributed by atoms with Crippen molar-refractivity contribution in [3.63, 3.8) is 0 Å². The summed E-state index contributed by atoms with van der Waals surface area (Å²) >= 11 is 0. The molecule has 0 amide bonds. The second-order valence-corrected chi connectivity index (χ2v) is 8.14. The number of rotatable bonds is 4. The molecule has 0 aromatic heterocycles. The van der Waals surface area contributed by atoms with E-state index in [9.17, 15) is 5.11 Å². The molecule has 2 nitrogen and oxygen atoms in total. The van der Waals surface area contributed by atoms with Gasteiger partial charge < -0.3 is 9.84 Å². The van der Waals surface area contributed by atoms with E-state index >= 15 is 0 Å². The molecule has 2 aliphatic rings. The van der Waals surface area contributed by atoms with Crippen molar-refractivity contribution < 1.29 is 9.84 Å². The fourth-order valence-electron chi connectivity index (χ4n) is 4.36. The Labute approximate surface area is 125 Å². The maximum absolute atomic E-state index is 11.0. The van der Waals surface area contributed by atoms with Crippen LogP contribution in [0.25, 0.3) is 0 Å². The van der Waals surface area contributed by atoms with Gasteiger partial charge in [0.15, 0.2) is 0 Å². The zero-order valence-corrected chi connectivity index (χ0v) is 14.0. The zero-order valence-electron chi connectivity index (χ0n) is 14.0. The van der Waals surface area contributed by atoms with Crippen molar-refractivity contribution in [1.82, 2.24) is 0 Å². The summed E-state index contributed by atoms with van der Waals surface area (Å²) in [4.78, 5) is 0. The molecule has 0 aliphatic heterocycles. The van der Waals surface area contributed by atoms with E-state index in [0.717, 1.165) is 25.4 Å². The van der Waals surface area contributed by atoms with E-state index in [1.54, 1.807) is 0 Å². The van der Waals surface area contributed by atoms with Crippen molar-refractivity contribution in [3.05, 3.63) is 0 Å². The van der Waals surface area contributed by atoms with Crippen LogP contribution in [0.15, 0.2) is 0 Å². The average Bonchev–Trinajstić information content (AvgIpc) is 2.41. The first kappa shape index (κ1) is 16.3. The fraction of sp³-hybridized carbons (Fsp3) is 1.00. The number of hydrogen-bond donors (Lipinski definition) is 1. The van der Waals surface area contributed by atoms with E-state index in [-0.39, 0.29) is 11.7 Å². The van der Waals surface area contributed by atoms with Crippen LogP contribution in [0, 0.1) is 17.3 Å². The Kier molecular flexibility index (Phi) is 5.18. The smallest absolute Gasteiger partial charge is 0.0943 e. The average molecular weight is 282 g/mol. The lowest BCUT2D eigenvalue weighted by Crippen LogP contribution is -2.52. The summed E-state index contributed by atoms with van der Waals surface area (Å²) < 4.78 is 6.16. The summed E-state index contributed by atoms with van der Waals surface area (Å²) in [6.45, 7) is 9.81. The molecule has 0 heterocycles. The molecule has 3 unspecified atom stereocenters. The van der Waals surface area contributed by atoms with Gasteiger partial charge in [-0.1, -0.05) is 33.6 Å². The predicted molar refractivity (Wildman–Crippen MR) is 83.7 cm³/mol. The molecule has 0 aromatic carbocycles. The monoisotopic (exact) mass is 282 g/mol. The van der Waals surface area contributed by atoms with Crippen LogP contribution < -0.4 is 0 Å². The third-order valence-corrected chi connectivity index (χ3v) is 5.84. The normalized spacial score (nSPS) is 34.6. The SMILES string of the molecule is CCOC1(C(O)C2CCCC(C)C2)CCC(C)(C)CC1. The summed E-state index contributed by atoms with van der Waals surface area (Å²) in [5.74, 6) is 1.22. The lowest BCUT2D eigenvalue weighted by atomic mass is 9.65. The zero-order chi connectivity index (χ0) is 14.8. The van der Waals surface area contributed by atoms with Crippen LogP contribution in [-0.4, -0.2) is 23.4 Å². The van der Waals surface area contributed by atoms with Gasteiger partial charge in [-0.15, -0.1) is 0 Å². The highest BCUT2D eigenvalue weighted by atomic mass is 16.5. The molecule has 0 aromatic rings. The van der Waals surface area contributed by atoms with E-state index in [1.807, 2.05) is 0 Å². The van der Waals surface area contributed by atoms with Gasteiger partial charge in [-0.3, -0.25) is 0 Å². The summed E-state index contributed by atoms with van der Waals surface area (Å²) in [5, 5.41) is 11.0. The van der Waals surface area contributed by atoms with Gasteiger partial charge in [0.25, 0.3) is 0 Å². The Hall–Kier alpha value is -0.0800. The van der Waals surface area contributed by atoms with E-state index in [4.69, 9.17) is 4.74 Å². The fourth-order valence-corrected chi connectivity index (χ4v) is 4.36. The first-order valence-corrected chi connectivity index (χ1v) is 8.70. The molecule has 2 saturated carbocycles. The van der Waals surface area contributed by atoms with Crippen LogP contribution in [-0.2, 0) is 4.74 Å². The van der Waals surface area contributed by atoms with Gasteiger partial charge in [0.05, 0.1) is 11.7 Å². The van der Waals surface area contributed by atoms with Gasteiger partial charge in [0, 0.05) is 6.61 Å². The van der Waals surface area contributed by atoms with Crippen LogP contribution in [0.2, 0.25) is 0 Å². The molecule has 0 saturated heterocycles. The molecular formula is C18H34O2. The lowest BCUT2D eigenvalue weighted by Gasteiger charge is -2.48. The highest BCUT2D eigenvalue weighted by molar-refractivity contribution is 4.98. The summed E-state index contributed by atoms with van der Waals surface area (Å²) in [7, 11) is 0. The third kappa shape index (κ3) is 3.57. The Morgan fingerprint density at radius 1 is 1.15 bits per heavy atom. The quantitative estimate of drug-likeness (QED) is 0.819. The van der Waals surface area contributed by atoms with E-state index in [0.29, 0.717) is 11.3 Å². The molecule has 2 rings (SSSR count). The number of aliphatic hydroxyl groups is 1. The van der Waals surface area contributed by atoms with Gasteiger partial charge >= 0.3 is 0 Å². The van der Waals surface area contributed by atoms with Crippen molar-refractivity contribution in [2.24, 2.45) is 17.3 Å². The molecule has 2 heteroatoms. The van der Waals surface area contributed by atoms with Gasteiger partial charge in [0.1, 0.15) is 0 Å². The molecule has 1 N–H and O–H groups in total. The summed E-state index contributed by atoms with van der Waals surface area (Å²) in [6, 6.07) is 0. The Morgan fingerprint density at radius 2 is 1.80 bits per heavy atom. The number of ether oxygens (including phenoxy) is 1. The first-order chi connectivity index (χ1) is 9.38. The van der Waals surface area contributed by atoms with Crippen molar-refractivity contribution in [3.8, 4) is 0 Å². The van der Waals surface area contributed by atoms with E-state index in [2.05, 4.69) is 27.7 Å². The highest BCUT2D eigenvalue weighted by Crippen LogP contribution is 2.47. The molecule has 0 radical (unpaired) electrons. The van der Waals surface area contributed by atoms with Crippen LogP contribution in [0.4, 0.5) is 0 Å². The standard InChI is InChI=1S/C18H34O2/c1-5-20-18(11-9-17(3,4)10-12-18)16(19)15-8-6-7-14(2)13-15/h14-16,19H,5-13H2,1-4H3. The topological polar surface area (TPSA) is 29.5 Å². The van der Waals surface area contributed by atoms with Gasteiger partial charge in [0.2, 0.25) is 0 Å². The minimum Gasteiger partial charge on any atom is -0.390 e. The minimum absolute atomic E-state index is 0.258. The Balaban J connectivity index is 2.07. The predicted octanol–water partition coefficient (Wildman–Crippen LogP) is 4.55. The minimum atomic E-state index is -0.263. The van der Waals surface area contributed by atoms with Crippen LogP contribution in [0.1, 0.15) is 79.1 Å². The molecule has 3 atom stereocenters. The highest BCUT2D eigenvalue weighted by Gasteiger charge is 2.47. The molecule has 20 heavy (non-hydrogen) atoms. The maximum Gasteiger partial charge on any atom is 0.0943 e. The van der Waals surface area contributed by atoms with Crippen molar-refractivity contribution in [2.45, 2.75) is 90.8 Å². The lowest BCUT2D eigenvalue weighted by molar-refractivity contribution is -0.172. The van der Waals surface area contributed by atoms with Gasteiger partial charge in [-0.05, 0) is 62.7 Å². The Morgan fingerprint density at radius 3 is 2.35 bits per heavy atom. The van der Waals surface area contributed by atoms with Crippen molar-refractivity contribution in [1.29, 1.82) is 0 Å². The van der Waals surface area contributed by atoms with Crippen molar-refractivity contribution >= 4 is 0 Å². The van der Waals surface area contributed by atoms with E-state index in [1.165, 1.54) is 38.5 Å². The molecule has 0 spiro atoms. The maximum atomic E-state index is 11.0. The molecular weight excluding hydrogens is 248 g/mol. The number of aliphatic hydroxyl groups excluding tert-OH is 1. The summed E-state index contributed by atoms with van der Waals surface area (Å²) in [6.07, 6.45) is 9.11. The molecule has 0 bridgehead atoms. The van der Waals surface area contributed by atoms with E-state index < -0.39 is 0 Å². The first-order valence-electron chi connectivity index (χ1n) is 8.70.